The average Bonchev–Trinajstić information content (AvgIpc) is 2.96. The molecular weight excluding hydrogens is 300 g/mol. The SMILES string of the molecule is CC(C)(C)OC(=O)N(Cn1cncn1)c1ccc(C(=O)O)cc1. The number of anilines is 1. The number of aromatic carboxylic acids is 1. The van der Waals surface area contributed by atoms with Crippen LogP contribution in [0.25, 0.3) is 0 Å². The topological polar surface area (TPSA) is 97.5 Å². The molecule has 0 atom stereocenters. The summed E-state index contributed by atoms with van der Waals surface area (Å²) in [6, 6.07) is 5.95. The van der Waals surface area contributed by atoms with E-state index >= 15 is 0 Å². The smallest absolute Gasteiger partial charge is 0.416 e. The number of hydrogen-bond donors (Lipinski definition) is 1. The number of ether oxygens (including phenoxy) is 1. The van der Waals surface area contributed by atoms with E-state index in [2.05, 4.69) is 10.1 Å². The van der Waals surface area contributed by atoms with E-state index in [1.165, 1.54) is 34.4 Å². The fourth-order valence-corrected chi connectivity index (χ4v) is 1.80. The Bertz CT molecular complexity index is 675. The van der Waals surface area contributed by atoms with E-state index in [0.717, 1.165) is 0 Å². The largest absolute Gasteiger partial charge is 0.478 e. The molecule has 8 nitrogen and oxygen atoms in total. The van der Waals surface area contributed by atoms with Gasteiger partial charge in [0.25, 0.3) is 0 Å². The van der Waals surface area contributed by atoms with Crippen molar-refractivity contribution in [1.82, 2.24) is 14.8 Å². The van der Waals surface area contributed by atoms with Gasteiger partial charge in [-0.25, -0.2) is 19.3 Å². The number of benzene rings is 1. The number of rotatable bonds is 4. The molecule has 2 aromatic rings. The van der Waals surface area contributed by atoms with Crippen molar-refractivity contribution in [3.63, 3.8) is 0 Å². The third kappa shape index (κ3) is 4.53. The van der Waals surface area contributed by atoms with Crippen molar-refractivity contribution in [2.24, 2.45) is 0 Å². The number of carboxylic acids is 1. The molecule has 0 aliphatic heterocycles. The van der Waals surface area contributed by atoms with Crippen molar-refractivity contribution in [3.8, 4) is 0 Å². The van der Waals surface area contributed by atoms with Crippen LogP contribution in [0.2, 0.25) is 0 Å². The Hall–Kier alpha value is -2.90. The van der Waals surface area contributed by atoms with Crippen molar-refractivity contribution >= 4 is 17.7 Å². The van der Waals surface area contributed by atoms with Crippen molar-refractivity contribution in [2.45, 2.75) is 33.0 Å². The summed E-state index contributed by atoms with van der Waals surface area (Å²) in [6.07, 6.45) is 2.28. The molecular formula is C15H18N4O4. The molecule has 23 heavy (non-hydrogen) atoms. The second-order valence-electron chi connectivity index (χ2n) is 5.84. The first-order valence-corrected chi connectivity index (χ1v) is 6.92. The van der Waals surface area contributed by atoms with E-state index in [0.29, 0.717) is 5.69 Å². The molecule has 0 unspecified atom stereocenters. The summed E-state index contributed by atoms with van der Waals surface area (Å²) in [4.78, 5) is 28.6. The molecule has 0 bridgehead atoms. The third-order valence-electron chi connectivity index (χ3n) is 2.79. The maximum absolute atomic E-state index is 12.4. The highest BCUT2D eigenvalue weighted by atomic mass is 16.6. The number of aromatic nitrogens is 3. The fraction of sp³-hybridized carbons (Fsp3) is 0.333. The zero-order chi connectivity index (χ0) is 17.0. The maximum atomic E-state index is 12.4. The molecule has 8 heteroatoms. The zero-order valence-corrected chi connectivity index (χ0v) is 13.1. The minimum absolute atomic E-state index is 0.0985. The fourth-order valence-electron chi connectivity index (χ4n) is 1.80. The molecule has 0 aliphatic rings. The second kappa shape index (κ2) is 6.47. The van der Waals surface area contributed by atoms with E-state index < -0.39 is 17.7 Å². The number of carbonyl (C=O) groups is 2. The van der Waals surface area contributed by atoms with Crippen molar-refractivity contribution in [2.75, 3.05) is 4.90 Å². The first-order chi connectivity index (χ1) is 10.8. The van der Waals surface area contributed by atoms with Gasteiger partial charge in [-0.2, -0.15) is 5.10 Å². The lowest BCUT2D eigenvalue weighted by Crippen LogP contribution is -2.38. The Labute approximate surface area is 133 Å². The summed E-state index contributed by atoms with van der Waals surface area (Å²) in [5.41, 5.74) is -0.0167. The van der Waals surface area contributed by atoms with Gasteiger partial charge in [-0.1, -0.05) is 0 Å². The number of carboxylic acid groups (broad SMARTS) is 1. The Balaban J connectivity index is 2.28. The van der Waals surface area contributed by atoms with Gasteiger partial charge in [-0.05, 0) is 45.0 Å². The van der Waals surface area contributed by atoms with Gasteiger partial charge in [0, 0.05) is 5.69 Å². The molecule has 0 spiro atoms. The zero-order valence-electron chi connectivity index (χ0n) is 13.1. The van der Waals surface area contributed by atoms with E-state index in [1.54, 1.807) is 32.9 Å². The highest BCUT2D eigenvalue weighted by Gasteiger charge is 2.24. The molecule has 122 valence electrons. The number of nitrogens with zero attached hydrogens (tertiary/aromatic N) is 4. The first-order valence-electron chi connectivity index (χ1n) is 6.92. The predicted molar refractivity (Wildman–Crippen MR) is 82.1 cm³/mol. The van der Waals surface area contributed by atoms with Crippen molar-refractivity contribution in [3.05, 3.63) is 42.5 Å². The Morgan fingerprint density at radius 1 is 1.26 bits per heavy atom. The molecule has 0 saturated carbocycles. The molecule has 1 aromatic heterocycles. The van der Waals surface area contributed by atoms with Crippen LogP contribution in [0.5, 0.6) is 0 Å². The number of amides is 1. The summed E-state index contributed by atoms with van der Waals surface area (Å²) in [5, 5.41) is 12.9. The summed E-state index contributed by atoms with van der Waals surface area (Å²) < 4.78 is 6.86. The van der Waals surface area contributed by atoms with Crippen LogP contribution in [0.1, 0.15) is 31.1 Å². The lowest BCUT2D eigenvalue weighted by Gasteiger charge is -2.27. The van der Waals surface area contributed by atoms with Crippen LogP contribution in [-0.2, 0) is 11.4 Å². The van der Waals surface area contributed by atoms with Crippen LogP contribution >= 0.6 is 0 Å². The highest BCUT2D eigenvalue weighted by molar-refractivity contribution is 5.90. The molecule has 1 aromatic carbocycles. The molecule has 0 saturated heterocycles. The summed E-state index contributed by atoms with van der Waals surface area (Å²) in [7, 11) is 0. The lowest BCUT2D eigenvalue weighted by molar-refractivity contribution is 0.0567. The maximum Gasteiger partial charge on any atom is 0.416 e. The standard InChI is InChI=1S/C15H18N4O4/c1-15(2,3)23-14(22)19(10-18-9-16-8-17-18)12-6-4-11(5-7-12)13(20)21/h4-9H,10H2,1-3H3,(H,20,21). The first kappa shape index (κ1) is 16.5. The minimum Gasteiger partial charge on any atom is -0.478 e. The number of carbonyl (C=O) groups excluding carboxylic acids is 1. The van der Waals surface area contributed by atoms with Gasteiger partial charge >= 0.3 is 12.1 Å². The monoisotopic (exact) mass is 318 g/mol. The van der Waals surface area contributed by atoms with Crippen molar-refractivity contribution < 1.29 is 19.4 Å². The van der Waals surface area contributed by atoms with E-state index in [9.17, 15) is 9.59 Å². The van der Waals surface area contributed by atoms with Gasteiger partial charge in [-0.15, -0.1) is 0 Å². The summed E-state index contributed by atoms with van der Waals surface area (Å²) in [5.74, 6) is -1.03. The Morgan fingerprint density at radius 2 is 1.91 bits per heavy atom. The normalized spacial score (nSPS) is 11.1. The van der Waals surface area contributed by atoms with Crippen LogP contribution in [0, 0.1) is 0 Å². The van der Waals surface area contributed by atoms with E-state index in [1.807, 2.05) is 0 Å². The summed E-state index contributed by atoms with van der Waals surface area (Å²) in [6.45, 7) is 5.41. The van der Waals surface area contributed by atoms with Gasteiger partial charge in [0.2, 0.25) is 0 Å². The van der Waals surface area contributed by atoms with Crippen LogP contribution in [0.15, 0.2) is 36.9 Å². The quantitative estimate of drug-likeness (QED) is 0.929. The average molecular weight is 318 g/mol. The van der Waals surface area contributed by atoms with Gasteiger partial charge in [-0.3, -0.25) is 4.90 Å². The van der Waals surface area contributed by atoms with Gasteiger partial charge < -0.3 is 9.84 Å². The minimum atomic E-state index is -1.03. The van der Waals surface area contributed by atoms with Crippen LogP contribution in [0.3, 0.4) is 0 Å². The molecule has 0 fully saturated rings. The number of hydrogen-bond acceptors (Lipinski definition) is 5. The van der Waals surface area contributed by atoms with Crippen LogP contribution in [-0.4, -0.2) is 37.5 Å². The Morgan fingerprint density at radius 3 is 2.39 bits per heavy atom. The molecule has 0 aliphatic carbocycles. The third-order valence-corrected chi connectivity index (χ3v) is 2.79. The van der Waals surface area contributed by atoms with Crippen LogP contribution < -0.4 is 4.90 Å². The predicted octanol–water partition coefficient (Wildman–Crippen LogP) is 2.38. The van der Waals surface area contributed by atoms with Gasteiger partial charge in [0.1, 0.15) is 24.9 Å². The lowest BCUT2D eigenvalue weighted by atomic mass is 10.2. The van der Waals surface area contributed by atoms with Crippen LogP contribution in [0.4, 0.5) is 10.5 Å². The van der Waals surface area contributed by atoms with Crippen molar-refractivity contribution in [1.29, 1.82) is 0 Å². The molecule has 0 radical (unpaired) electrons. The second-order valence-corrected chi connectivity index (χ2v) is 5.84. The molecule has 1 heterocycles. The van der Waals surface area contributed by atoms with E-state index in [4.69, 9.17) is 9.84 Å². The summed E-state index contributed by atoms with van der Waals surface area (Å²) >= 11 is 0. The molecule has 1 amide bonds. The molecule has 2 rings (SSSR count). The van der Waals surface area contributed by atoms with E-state index in [-0.39, 0.29) is 12.2 Å². The Kier molecular flexibility index (Phi) is 4.63. The molecule has 1 N–H and O–H groups in total. The highest BCUT2D eigenvalue weighted by Crippen LogP contribution is 2.20. The van der Waals surface area contributed by atoms with Gasteiger partial charge in [0.05, 0.1) is 5.56 Å². The van der Waals surface area contributed by atoms with Gasteiger partial charge in [0.15, 0.2) is 0 Å².